The molecule has 3 N–H and O–H groups in total. The number of rotatable bonds is 7. The Labute approximate surface area is 140 Å². The van der Waals surface area contributed by atoms with Gasteiger partial charge in [-0.2, -0.15) is 0 Å². The highest BCUT2D eigenvalue weighted by Gasteiger charge is 2.13. The molecular formula is C17H19ClFNO3. The Kier molecular flexibility index (Phi) is 7.51. The van der Waals surface area contributed by atoms with E-state index in [2.05, 4.69) is 0 Å². The van der Waals surface area contributed by atoms with Crippen molar-refractivity contribution >= 4 is 18.4 Å². The molecule has 0 bridgehead atoms. The Bertz CT molecular complexity index is 617. The molecule has 0 saturated heterocycles. The Morgan fingerprint density at radius 2 is 1.74 bits per heavy atom. The molecule has 6 heteroatoms. The van der Waals surface area contributed by atoms with Gasteiger partial charge < -0.3 is 15.6 Å². The Hall–Kier alpha value is -2.11. The number of halogens is 2. The average molecular weight is 340 g/mol. The second-order valence-electron chi connectivity index (χ2n) is 5.01. The van der Waals surface area contributed by atoms with Crippen LogP contribution in [-0.2, 0) is 11.4 Å². The van der Waals surface area contributed by atoms with Gasteiger partial charge in [-0.05, 0) is 41.9 Å². The number of carbonyl (C=O) groups is 1. The SMILES string of the molecule is Cl.NCC(CC(=O)O)c1ccc(OCc2ccc(F)cc2)cc1. The number of benzene rings is 2. The van der Waals surface area contributed by atoms with Gasteiger partial charge in [-0.25, -0.2) is 4.39 Å². The molecule has 0 aromatic heterocycles. The van der Waals surface area contributed by atoms with Crippen LogP contribution in [0.4, 0.5) is 4.39 Å². The monoisotopic (exact) mass is 339 g/mol. The Balaban J connectivity index is 0.00000264. The van der Waals surface area contributed by atoms with Crippen LogP contribution in [-0.4, -0.2) is 17.6 Å². The van der Waals surface area contributed by atoms with Gasteiger partial charge in [-0.3, -0.25) is 4.79 Å². The number of carboxylic acid groups (broad SMARTS) is 1. The molecule has 0 aliphatic carbocycles. The molecule has 2 aromatic carbocycles. The van der Waals surface area contributed by atoms with Crippen LogP contribution in [0, 0.1) is 5.82 Å². The molecule has 0 spiro atoms. The van der Waals surface area contributed by atoms with Gasteiger partial charge in [-0.15, -0.1) is 12.4 Å². The van der Waals surface area contributed by atoms with Crippen LogP contribution in [0.15, 0.2) is 48.5 Å². The zero-order valence-electron chi connectivity index (χ0n) is 12.4. The van der Waals surface area contributed by atoms with Crippen molar-refractivity contribution in [2.24, 2.45) is 5.73 Å². The summed E-state index contributed by atoms with van der Waals surface area (Å²) in [6, 6.07) is 13.3. The van der Waals surface area contributed by atoms with Crippen molar-refractivity contribution in [1.82, 2.24) is 0 Å². The molecule has 0 heterocycles. The molecule has 1 atom stereocenters. The molecule has 0 aliphatic heterocycles. The second kappa shape index (κ2) is 9.12. The highest BCUT2D eigenvalue weighted by molar-refractivity contribution is 5.85. The molecule has 0 saturated carbocycles. The van der Waals surface area contributed by atoms with Crippen molar-refractivity contribution in [3.63, 3.8) is 0 Å². The molecule has 0 amide bonds. The summed E-state index contributed by atoms with van der Waals surface area (Å²) in [5.74, 6) is -0.686. The topological polar surface area (TPSA) is 72.6 Å². The molecule has 23 heavy (non-hydrogen) atoms. The molecule has 1 unspecified atom stereocenters. The molecule has 0 fully saturated rings. The van der Waals surface area contributed by atoms with Crippen molar-refractivity contribution in [3.8, 4) is 5.75 Å². The zero-order chi connectivity index (χ0) is 15.9. The number of nitrogens with two attached hydrogens (primary N) is 1. The van der Waals surface area contributed by atoms with Crippen molar-refractivity contribution in [2.45, 2.75) is 18.9 Å². The maximum Gasteiger partial charge on any atom is 0.304 e. The smallest absolute Gasteiger partial charge is 0.304 e. The van der Waals surface area contributed by atoms with E-state index in [4.69, 9.17) is 15.6 Å². The molecule has 2 rings (SSSR count). The van der Waals surface area contributed by atoms with Crippen LogP contribution in [0.5, 0.6) is 5.75 Å². The number of carboxylic acids is 1. The summed E-state index contributed by atoms with van der Waals surface area (Å²) < 4.78 is 18.4. The van der Waals surface area contributed by atoms with Crippen molar-refractivity contribution in [1.29, 1.82) is 0 Å². The minimum absolute atomic E-state index is 0. The van der Waals surface area contributed by atoms with E-state index in [1.54, 1.807) is 24.3 Å². The lowest BCUT2D eigenvalue weighted by molar-refractivity contribution is -0.137. The van der Waals surface area contributed by atoms with Crippen LogP contribution in [0.1, 0.15) is 23.5 Å². The third-order valence-electron chi connectivity index (χ3n) is 3.38. The van der Waals surface area contributed by atoms with Gasteiger partial charge in [0.05, 0.1) is 6.42 Å². The van der Waals surface area contributed by atoms with Crippen LogP contribution >= 0.6 is 12.4 Å². The maximum atomic E-state index is 12.8. The van der Waals surface area contributed by atoms with Crippen LogP contribution in [0.25, 0.3) is 0 Å². The fraction of sp³-hybridized carbons (Fsp3) is 0.235. The third-order valence-corrected chi connectivity index (χ3v) is 3.38. The van der Waals surface area contributed by atoms with Gasteiger partial charge in [0.1, 0.15) is 18.2 Å². The molecule has 4 nitrogen and oxygen atoms in total. The van der Waals surface area contributed by atoms with Gasteiger partial charge in [0.15, 0.2) is 0 Å². The van der Waals surface area contributed by atoms with E-state index in [0.717, 1.165) is 11.1 Å². The molecule has 0 radical (unpaired) electrons. The second-order valence-corrected chi connectivity index (χ2v) is 5.01. The average Bonchev–Trinajstić information content (AvgIpc) is 2.52. The lowest BCUT2D eigenvalue weighted by atomic mass is 9.96. The lowest BCUT2D eigenvalue weighted by Gasteiger charge is -2.13. The summed E-state index contributed by atoms with van der Waals surface area (Å²) in [4.78, 5) is 10.8. The fourth-order valence-electron chi connectivity index (χ4n) is 2.13. The summed E-state index contributed by atoms with van der Waals surface area (Å²) in [6.07, 6.45) is 0.00623. The molecule has 124 valence electrons. The van der Waals surface area contributed by atoms with Crippen LogP contribution in [0.2, 0.25) is 0 Å². The van der Waals surface area contributed by atoms with Gasteiger partial charge in [0.2, 0.25) is 0 Å². The number of hydrogen-bond donors (Lipinski definition) is 2. The van der Waals surface area contributed by atoms with E-state index < -0.39 is 5.97 Å². The van der Waals surface area contributed by atoms with E-state index in [-0.39, 0.29) is 37.1 Å². The van der Waals surface area contributed by atoms with E-state index in [0.29, 0.717) is 12.4 Å². The normalized spacial score (nSPS) is 11.4. The molecule has 2 aromatic rings. The van der Waals surface area contributed by atoms with Gasteiger partial charge in [-0.1, -0.05) is 24.3 Å². The Morgan fingerprint density at radius 1 is 1.13 bits per heavy atom. The van der Waals surface area contributed by atoms with E-state index in [9.17, 15) is 9.18 Å². The minimum Gasteiger partial charge on any atom is -0.489 e. The first-order chi connectivity index (χ1) is 10.6. The number of ether oxygens (including phenoxy) is 1. The highest BCUT2D eigenvalue weighted by Crippen LogP contribution is 2.22. The zero-order valence-corrected chi connectivity index (χ0v) is 13.3. The van der Waals surface area contributed by atoms with Crippen LogP contribution < -0.4 is 10.5 Å². The first kappa shape index (κ1) is 18.9. The highest BCUT2D eigenvalue weighted by atomic mass is 35.5. The minimum atomic E-state index is -0.868. The van der Waals surface area contributed by atoms with Gasteiger partial charge >= 0.3 is 5.97 Å². The standard InChI is InChI=1S/C17H18FNO3.ClH/c18-15-5-1-12(2-6-15)11-22-16-7-3-13(4-8-16)14(10-19)9-17(20)21;/h1-8,14H,9-11,19H2,(H,20,21);1H. The largest absolute Gasteiger partial charge is 0.489 e. The maximum absolute atomic E-state index is 12.8. The van der Waals surface area contributed by atoms with E-state index in [1.807, 2.05) is 12.1 Å². The first-order valence-corrected chi connectivity index (χ1v) is 6.97. The summed E-state index contributed by atoms with van der Waals surface area (Å²) in [5, 5.41) is 8.85. The fourth-order valence-corrected chi connectivity index (χ4v) is 2.13. The van der Waals surface area contributed by atoms with Crippen molar-refractivity contribution < 1.29 is 19.0 Å². The van der Waals surface area contributed by atoms with E-state index in [1.165, 1.54) is 12.1 Å². The predicted octanol–water partition coefficient (Wildman–Crippen LogP) is 3.34. The van der Waals surface area contributed by atoms with Crippen molar-refractivity contribution in [2.75, 3.05) is 6.54 Å². The van der Waals surface area contributed by atoms with Crippen molar-refractivity contribution in [3.05, 3.63) is 65.5 Å². The quantitative estimate of drug-likeness (QED) is 0.811. The van der Waals surface area contributed by atoms with Crippen LogP contribution in [0.3, 0.4) is 0 Å². The summed E-state index contributed by atoms with van der Waals surface area (Å²) in [6.45, 7) is 0.622. The third kappa shape index (κ3) is 5.88. The number of aliphatic carboxylic acids is 1. The molecule has 0 aliphatic rings. The summed E-state index contributed by atoms with van der Waals surface area (Å²) in [5.41, 5.74) is 7.36. The van der Waals surface area contributed by atoms with Gasteiger partial charge in [0.25, 0.3) is 0 Å². The predicted molar refractivity (Wildman–Crippen MR) is 88.5 cm³/mol. The summed E-state index contributed by atoms with van der Waals surface area (Å²) >= 11 is 0. The first-order valence-electron chi connectivity index (χ1n) is 6.97. The number of hydrogen-bond acceptors (Lipinski definition) is 3. The Morgan fingerprint density at radius 3 is 2.26 bits per heavy atom. The lowest BCUT2D eigenvalue weighted by Crippen LogP contribution is -2.16. The van der Waals surface area contributed by atoms with E-state index >= 15 is 0 Å². The summed E-state index contributed by atoms with van der Waals surface area (Å²) in [7, 11) is 0. The molecular weight excluding hydrogens is 321 g/mol. The van der Waals surface area contributed by atoms with Gasteiger partial charge in [0, 0.05) is 5.92 Å².